The lowest BCUT2D eigenvalue weighted by atomic mass is 10.1. The zero-order chi connectivity index (χ0) is 22.5. The molecule has 0 amide bonds. The molecule has 1 aromatic heterocycles. The molecular formula is C20H20N8O4. The molecule has 0 radical (unpaired) electrons. The van der Waals surface area contributed by atoms with Crippen LogP contribution >= 0.6 is 0 Å². The molecule has 2 heterocycles. The van der Waals surface area contributed by atoms with Crippen molar-refractivity contribution >= 4 is 29.7 Å². The van der Waals surface area contributed by atoms with E-state index in [4.69, 9.17) is 9.47 Å². The Morgan fingerprint density at radius 1 is 1.12 bits per heavy atom. The first-order chi connectivity index (χ1) is 15.5. The largest absolute Gasteiger partial charge is 0.454 e. The zero-order valence-corrected chi connectivity index (χ0v) is 17.3. The number of nitro groups is 1. The summed E-state index contributed by atoms with van der Waals surface area (Å²) < 4.78 is 10.5. The van der Waals surface area contributed by atoms with Crippen LogP contribution in [0.15, 0.2) is 47.6 Å². The molecule has 12 heteroatoms. The number of nitrogens with zero attached hydrogens (tertiary/aromatic N) is 6. The lowest BCUT2D eigenvalue weighted by Gasteiger charge is -2.13. The maximum atomic E-state index is 11.4. The van der Waals surface area contributed by atoms with Gasteiger partial charge in [-0.3, -0.25) is 10.1 Å². The fourth-order valence-corrected chi connectivity index (χ4v) is 2.84. The van der Waals surface area contributed by atoms with Crippen LogP contribution in [0.5, 0.6) is 11.5 Å². The third-order valence-corrected chi connectivity index (χ3v) is 4.40. The maximum absolute atomic E-state index is 11.4. The monoisotopic (exact) mass is 436 g/mol. The molecule has 1 aliphatic rings. The molecule has 0 spiro atoms. The Hall–Kier alpha value is -4.48. The van der Waals surface area contributed by atoms with Gasteiger partial charge >= 0.3 is 0 Å². The molecule has 32 heavy (non-hydrogen) atoms. The number of nitrogens with one attached hydrogen (secondary N) is 2. The molecule has 12 nitrogen and oxygen atoms in total. The number of anilines is 3. The summed E-state index contributed by atoms with van der Waals surface area (Å²) in [7, 11) is 3.61. The average Bonchev–Trinajstić information content (AvgIpc) is 3.25. The fraction of sp³-hybridized carbons (Fsp3) is 0.200. The smallest absolute Gasteiger partial charge is 0.282 e. The van der Waals surface area contributed by atoms with Gasteiger partial charge in [0.2, 0.25) is 24.6 Å². The first kappa shape index (κ1) is 20.8. The predicted octanol–water partition coefficient (Wildman–Crippen LogP) is 2.63. The molecule has 0 aliphatic carbocycles. The highest BCUT2D eigenvalue weighted by molar-refractivity contribution is 5.87. The Morgan fingerprint density at radius 2 is 1.84 bits per heavy atom. The minimum absolute atomic E-state index is 0.0161. The Kier molecular flexibility index (Phi) is 5.92. The first-order valence-corrected chi connectivity index (χ1v) is 9.58. The maximum Gasteiger partial charge on any atom is 0.282 e. The van der Waals surface area contributed by atoms with Crippen molar-refractivity contribution in [2.24, 2.45) is 5.10 Å². The van der Waals surface area contributed by atoms with Crippen molar-refractivity contribution in [3.05, 3.63) is 63.7 Å². The molecule has 2 aromatic carbocycles. The van der Waals surface area contributed by atoms with Crippen molar-refractivity contribution < 1.29 is 14.4 Å². The second-order valence-corrected chi connectivity index (χ2v) is 6.91. The number of hydrogen-bond acceptors (Lipinski definition) is 11. The predicted molar refractivity (Wildman–Crippen MR) is 118 cm³/mol. The Morgan fingerprint density at radius 3 is 2.56 bits per heavy atom. The van der Waals surface area contributed by atoms with Gasteiger partial charge in [-0.25, -0.2) is 5.43 Å². The summed E-state index contributed by atoms with van der Waals surface area (Å²) in [4.78, 5) is 25.6. The number of nitro benzene ring substituents is 1. The number of rotatable bonds is 8. The van der Waals surface area contributed by atoms with Gasteiger partial charge in [0.25, 0.3) is 5.69 Å². The van der Waals surface area contributed by atoms with Crippen molar-refractivity contribution in [1.82, 2.24) is 15.0 Å². The molecule has 164 valence electrons. The van der Waals surface area contributed by atoms with Crippen molar-refractivity contribution in [3.8, 4) is 11.5 Å². The van der Waals surface area contributed by atoms with Gasteiger partial charge in [0.15, 0.2) is 11.5 Å². The molecule has 0 atom stereocenters. The van der Waals surface area contributed by atoms with E-state index in [2.05, 4.69) is 30.8 Å². The van der Waals surface area contributed by atoms with Gasteiger partial charge in [0.1, 0.15) is 0 Å². The van der Waals surface area contributed by atoms with Crippen molar-refractivity contribution in [3.63, 3.8) is 0 Å². The SMILES string of the molecule is CN(C)c1nc(NCc2ccccc2)nc(NN=Cc2cc3c(cc2[N+](=O)[O-])OCO3)n1. The number of aromatic nitrogens is 3. The van der Waals surface area contributed by atoms with Crippen LogP contribution in [0.3, 0.4) is 0 Å². The molecule has 0 fully saturated rings. The first-order valence-electron chi connectivity index (χ1n) is 9.58. The van der Waals surface area contributed by atoms with Gasteiger partial charge in [-0.2, -0.15) is 20.1 Å². The van der Waals surface area contributed by atoms with Crippen molar-refractivity contribution in [2.45, 2.75) is 6.54 Å². The summed E-state index contributed by atoms with van der Waals surface area (Å²) >= 11 is 0. The van der Waals surface area contributed by atoms with Crippen LogP contribution in [0.4, 0.5) is 23.5 Å². The van der Waals surface area contributed by atoms with Crippen LogP contribution in [0, 0.1) is 10.1 Å². The number of fused-ring (bicyclic) bond motifs is 1. The van der Waals surface area contributed by atoms with Crippen LogP contribution in [-0.2, 0) is 6.54 Å². The number of ether oxygens (including phenoxy) is 2. The van der Waals surface area contributed by atoms with Gasteiger partial charge < -0.3 is 19.7 Å². The topological polar surface area (TPSA) is 140 Å². The molecule has 2 N–H and O–H groups in total. The quantitative estimate of drug-likeness (QED) is 0.308. The van der Waals surface area contributed by atoms with E-state index in [1.165, 1.54) is 18.3 Å². The number of hydrazone groups is 1. The molecule has 1 aliphatic heterocycles. The van der Waals surface area contributed by atoms with Crippen molar-refractivity contribution in [1.29, 1.82) is 0 Å². The third kappa shape index (κ3) is 4.80. The van der Waals surface area contributed by atoms with Crippen LogP contribution in [0.25, 0.3) is 0 Å². The summed E-state index contributed by atoms with van der Waals surface area (Å²) in [6.07, 6.45) is 1.30. The highest BCUT2D eigenvalue weighted by atomic mass is 16.7. The third-order valence-electron chi connectivity index (χ3n) is 4.40. The van der Waals surface area contributed by atoms with Crippen molar-refractivity contribution in [2.75, 3.05) is 36.5 Å². The van der Waals surface area contributed by atoms with Crippen LogP contribution in [0.1, 0.15) is 11.1 Å². The molecular weight excluding hydrogens is 416 g/mol. The summed E-state index contributed by atoms with van der Waals surface area (Å²) in [6, 6.07) is 12.6. The molecule has 0 saturated carbocycles. The van der Waals surface area contributed by atoms with E-state index in [-0.39, 0.29) is 24.0 Å². The standard InChI is InChI=1S/C20H20N8O4/c1-27(2)20-24-18(21-10-13-6-4-3-5-7-13)23-19(25-20)26-22-11-14-8-16-17(32-12-31-16)9-15(14)28(29)30/h3-9,11H,10,12H2,1-2H3,(H2,21,23,24,25,26). The van der Waals surface area contributed by atoms with E-state index in [0.29, 0.717) is 29.9 Å². The molecule has 0 saturated heterocycles. The highest BCUT2D eigenvalue weighted by Crippen LogP contribution is 2.37. The minimum Gasteiger partial charge on any atom is -0.454 e. The van der Waals surface area contributed by atoms with Gasteiger partial charge in [-0.1, -0.05) is 30.3 Å². The Labute approximate surface area is 183 Å². The van der Waals surface area contributed by atoms with E-state index in [1.54, 1.807) is 19.0 Å². The summed E-state index contributed by atoms with van der Waals surface area (Å²) in [5.41, 5.74) is 3.87. The molecule has 3 aromatic rings. The number of benzene rings is 2. The molecule has 0 bridgehead atoms. The molecule has 4 rings (SSSR count). The van der Waals surface area contributed by atoms with Gasteiger partial charge in [0, 0.05) is 20.6 Å². The van der Waals surface area contributed by atoms with Crippen LogP contribution in [0.2, 0.25) is 0 Å². The second-order valence-electron chi connectivity index (χ2n) is 6.91. The van der Waals surface area contributed by atoms with Crippen LogP contribution < -0.4 is 25.1 Å². The van der Waals surface area contributed by atoms with E-state index in [1.807, 2.05) is 30.3 Å². The van der Waals surface area contributed by atoms with Gasteiger partial charge in [-0.15, -0.1) is 0 Å². The lowest BCUT2D eigenvalue weighted by molar-refractivity contribution is -0.385. The summed E-state index contributed by atoms with van der Waals surface area (Å²) in [5, 5.41) is 18.6. The van der Waals surface area contributed by atoms with E-state index in [9.17, 15) is 10.1 Å². The van der Waals surface area contributed by atoms with E-state index in [0.717, 1.165) is 5.56 Å². The van der Waals surface area contributed by atoms with E-state index < -0.39 is 4.92 Å². The van der Waals surface area contributed by atoms with Gasteiger partial charge in [0.05, 0.1) is 22.8 Å². The summed E-state index contributed by atoms with van der Waals surface area (Å²) in [5.74, 6) is 1.70. The number of hydrogen-bond donors (Lipinski definition) is 2. The van der Waals surface area contributed by atoms with Crippen LogP contribution in [-0.4, -0.2) is 47.0 Å². The summed E-state index contributed by atoms with van der Waals surface area (Å²) in [6.45, 7) is 0.548. The average molecular weight is 436 g/mol. The minimum atomic E-state index is -0.512. The second kappa shape index (κ2) is 9.12. The lowest BCUT2D eigenvalue weighted by Crippen LogP contribution is -2.16. The molecule has 0 unspecified atom stereocenters. The van der Waals surface area contributed by atoms with E-state index >= 15 is 0 Å². The zero-order valence-electron chi connectivity index (χ0n) is 17.3. The Bertz CT molecular complexity index is 1150. The van der Waals surface area contributed by atoms with Gasteiger partial charge in [-0.05, 0) is 11.6 Å². The highest BCUT2D eigenvalue weighted by Gasteiger charge is 2.22. The Balaban J connectivity index is 1.53. The normalized spacial score (nSPS) is 12.1. The fourth-order valence-electron chi connectivity index (χ4n) is 2.84.